The van der Waals surface area contributed by atoms with E-state index in [1.807, 2.05) is 0 Å². The van der Waals surface area contributed by atoms with Crippen LogP contribution in [0.25, 0.3) is 0 Å². The molecule has 1 aliphatic carbocycles. The van der Waals surface area contributed by atoms with Crippen LogP contribution in [0.4, 0.5) is 0 Å². The van der Waals surface area contributed by atoms with E-state index in [2.05, 4.69) is 6.92 Å². The summed E-state index contributed by atoms with van der Waals surface area (Å²) in [6.07, 6.45) is 7.54. The van der Waals surface area contributed by atoms with Crippen molar-refractivity contribution in [2.45, 2.75) is 63.7 Å². The zero-order valence-corrected chi connectivity index (χ0v) is 10.1. The average Bonchev–Trinajstić information content (AvgIpc) is 2.42. The van der Waals surface area contributed by atoms with Crippen LogP contribution in [0.15, 0.2) is 0 Å². The molecule has 3 atom stereocenters. The molecule has 3 heteroatoms. The van der Waals surface area contributed by atoms with Crippen LogP contribution in [0, 0.1) is 0 Å². The third-order valence-electron chi connectivity index (χ3n) is 3.14. The van der Waals surface area contributed by atoms with E-state index in [0.29, 0.717) is 0 Å². The molecular formula is C12H25NO2. The van der Waals surface area contributed by atoms with Crippen LogP contribution < -0.4 is 5.73 Å². The molecule has 15 heavy (non-hydrogen) atoms. The molecule has 90 valence electrons. The lowest BCUT2D eigenvalue weighted by Gasteiger charge is -2.25. The quantitative estimate of drug-likeness (QED) is 0.714. The number of hydrogen-bond donors (Lipinski definition) is 1. The molecule has 1 fully saturated rings. The van der Waals surface area contributed by atoms with Gasteiger partial charge >= 0.3 is 0 Å². The summed E-state index contributed by atoms with van der Waals surface area (Å²) in [7, 11) is 1.73. The van der Waals surface area contributed by atoms with Crippen LogP contribution in [-0.4, -0.2) is 32.0 Å². The van der Waals surface area contributed by atoms with E-state index >= 15 is 0 Å². The molecule has 0 aromatic carbocycles. The number of nitrogens with two attached hydrogens (primary N) is 1. The Hall–Kier alpha value is -0.120. The third kappa shape index (κ3) is 4.96. The molecule has 0 spiro atoms. The van der Waals surface area contributed by atoms with Crippen molar-refractivity contribution in [2.75, 3.05) is 13.7 Å². The summed E-state index contributed by atoms with van der Waals surface area (Å²) in [6.45, 7) is 2.87. The van der Waals surface area contributed by atoms with Gasteiger partial charge in [-0.05, 0) is 26.2 Å². The molecule has 0 radical (unpaired) electrons. The van der Waals surface area contributed by atoms with E-state index in [-0.39, 0.29) is 18.2 Å². The highest BCUT2D eigenvalue weighted by Gasteiger charge is 2.22. The summed E-state index contributed by atoms with van der Waals surface area (Å²) in [4.78, 5) is 0. The normalized spacial score (nSPS) is 29.8. The summed E-state index contributed by atoms with van der Waals surface area (Å²) < 4.78 is 11.0. The molecule has 0 aromatic heterocycles. The average molecular weight is 215 g/mol. The van der Waals surface area contributed by atoms with E-state index in [4.69, 9.17) is 15.2 Å². The van der Waals surface area contributed by atoms with Gasteiger partial charge in [-0.25, -0.2) is 0 Å². The Balaban J connectivity index is 2.27. The van der Waals surface area contributed by atoms with Crippen molar-refractivity contribution in [1.29, 1.82) is 0 Å². The molecule has 0 aliphatic heterocycles. The Morgan fingerprint density at radius 2 is 2.00 bits per heavy atom. The lowest BCUT2D eigenvalue weighted by Crippen LogP contribution is -2.38. The minimum atomic E-state index is 0.234. The number of ether oxygens (including phenoxy) is 2. The van der Waals surface area contributed by atoms with Crippen molar-refractivity contribution in [1.82, 2.24) is 0 Å². The highest BCUT2D eigenvalue weighted by atomic mass is 16.5. The largest absolute Gasteiger partial charge is 0.385 e. The van der Waals surface area contributed by atoms with Crippen molar-refractivity contribution >= 4 is 0 Å². The Kier molecular flexibility index (Phi) is 6.22. The fraction of sp³-hybridized carbons (Fsp3) is 1.00. The van der Waals surface area contributed by atoms with Gasteiger partial charge < -0.3 is 15.2 Å². The van der Waals surface area contributed by atoms with Crippen LogP contribution >= 0.6 is 0 Å². The molecule has 1 aliphatic rings. The zero-order chi connectivity index (χ0) is 11.1. The molecule has 0 bridgehead atoms. The second-order valence-electron chi connectivity index (χ2n) is 4.57. The lowest BCUT2D eigenvalue weighted by atomic mass is 10.1. The minimum Gasteiger partial charge on any atom is -0.385 e. The molecule has 0 amide bonds. The summed E-state index contributed by atoms with van der Waals surface area (Å²) in [6, 6.07) is 0.234. The van der Waals surface area contributed by atoms with Crippen LogP contribution in [0.1, 0.15) is 45.4 Å². The van der Waals surface area contributed by atoms with Crippen molar-refractivity contribution in [3.05, 3.63) is 0 Å². The van der Waals surface area contributed by atoms with Gasteiger partial charge in [0.25, 0.3) is 0 Å². The van der Waals surface area contributed by atoms with E-state index in [9.17, 15) is 0 Å². The summed E-state index contributed by atoms with van der Waals surface area (Å²) >= 11 is 0. The third-order valence-corrected chi connectivity index (χ3v) is 3.14. The van der Waals surface area contributed by atoms with Gasteiger partial charge in [-0.15, -0.1) is 0 Å². The van der Waals surface area contributed by atoms with E-state index in [1.165, 1.54) is 19.3 Å². The van der Waals surface area contributed by atoms with Crippen LogP contribution in [0.5, 0.6) is 0 Å². The Bertz CT molecular complexity index is 164. The number of methoxy groups -OCH3 is 1. The van der Waals surface area contributed by atoms with Crippen molar-refractivity contribution < 1.29 is 9.47 Å². The first kappa shape index (κ1) is 12.9. The van der Waals surface area contributed by atoms with Gasteiger partial charge in [-0.2, -0.15) is 0 Å². The predicted molar refractivity (Wildman–Crippen MR) is 61.9 cm³/mol. The topological polar surface area (TPSA) is 44.5 Å². The molecule has 0 aromatic rings. The van der Waals surface area contributed by atoms with Crippen molar-refractivity contribution in [2.24, 2.45) is 5.73 Å². The van der Waals surface area contributed by atoms with Crippen LogP contribution in [0.3, 0.4) is 0 Å². The van der Waals surface area contributed by atoms with Gasteiger partial charge in [-0.1, -0.05) is 19.3 Å². The van der Waals surface area contributed by atoms with Crippen molar-refractivity contribution in [3.8, 4) is 0 Å². The Labute approximate surface area is 93.3 Å². The maximum atomic E-state index is 6.10. The highest BCUT2D eigenvalue weighted by molar-refractivity contribution is 4.77. The molecule has 1 rings (SSSR count). The SMILES string of the molecule is COCCC(C)OC1CCCCCC1N. The lowest BCUT2D eigenvalue weighted by molar-refractivity contribution is -0.0310. The standard InChI is InChI=1S/C12H25NO2/c1-10(8-9-14-2)15-12-7-5-3-4-6-11(12)13/h10-12H,3-9,13H2,1-2H3. The fourth-order valence-electron chi connectivity index (χ4n) is 2.12. The van der Waals surface area contributed by atoms with E-state index in [1.54, 1.807) is 7.11 Å². The highest BCUT2D eigenvalue weighted by Crippen LogP contribution is 2.20. The molecule has 2 N–H and O–H groups in total. The van der Waals surface area contributed by atoms with Gasteiger partial charge in [0.05, 0.1) is 12.2 Å². The minimum absolute atomic E-state index is 0.234. The van der Waals surface area contributed by atoms with Gasteiger partial charge in [0.2, 0.25) is 0 Å². The van der Waals surface area contributed by atoms with Gasteiger partial charge in [-0.3, -0.25) is 0 Å². The first-order valence-electron chi connectivity index (χ1n) is 6.14. The van der Waals surface area contributed by atoms with Gasteiger partial charge in [0.1, 0.15) is 0 Å². The Morgan fingerprint density at radius 3 is 2.73 bits per heavy atom. The maximum Gasteiger partial charge on any atom is 0.0729 e. The van der Waals surface area contributed by atoms with Gasteiger partial charge in [0.15, 0.2) is 0 Å². The molecular weight excluding hydrogens is 190 g/mol. The van der Waals surface area contributed by atoms with Crippen LogP contribution in [-0.2, 0) is 9.47 Å². The number of hydrogen-bond acceptors (Lipinski definition) is 3. The second kappa shape index (κ2) is 7.20. The van der Waals surface area contributed by atoms with E-state index in [0.717, 1.165) is 25.9 Å². The first-order chi connectivity index (χ1) is 7.24. The monoisotopic (exact) mass is 215 g/mol. The smallest absolute Gasteiger partial charge is 0.0729 e. The summed E-state index contributed by atoms with van der Waals surface area (Å²) in [5.41, 5.74) is 6.10. The molecule has 3 unspecified atom stereocenters. The van der Waals surface area contributed by atoms with Crippen LogP contribution in [0.2, 0.25) is 0 Å². The summed E-state index contributed by atoms with van der Waals surface area (Å²) in [5, 5.41) is 0. The first-order valence-corrected chi connectivity index (χ1v) is 6.14. The second-order valence-corrected chi connectivity index (χ2v) is 4.57. The van der Waals surface area contributed by atoms with Crippen molar-refractivity contribution in [3.63, 3.8) is 0 Å². The molecule has 0 saturated heterocycles. The molecule has 3 nitrogen and oxygen atoms in total. The zero-order valence-electron chi connectivity index (χ0n) is 10.1. The van der Waals surface area contributed by atoms with E-state index < -0.39 is 0 Å². The summed E-state index contributed by atoms with van der Waals surface area (Å²) in [5.74, 6) is 0. The molecule has 0 heterocycles. The molecule has 1 saturated carbocycles. The maximum absolute atomic E-state index is 6.10. The predicted octanol–water partition coefficient (Wildman–Crippen LogP) is 2.09. The fourth-order valence-corrected chi connectivity index (χ4v) is 2.12. The number of rotatable bonds is 5. The Morgan fingerprint density at radius 1 is 1.27 bits per heavy atom. The van der Waals surface area contributed by atoms with Gasteiger partial charge in [0, 0.05) is 19.8 Å².